The Bertz CT molecular complexity index is 606. The van der Waals surface area contributed by atoms with E-state index >= 15 is 0 Å². The Labute approximate surface area is 120 Å². The van der Waals surface area contributed by atoms with Gasteiger partial charge in [-0.2, -0.15) is 0 Å². The maximum Gasteiger partial charge on any atom is 0.162 e. The molecule has 2 aromatic carbocycles. The highest BCUT2D eigenvalue weighted by atomic mass is 16.1. The third-order valence-corrected chi connectivity index (χ3v) is 4.33. The van der Waals surface area contributed by atoms with Gasteiger partial charge in [-0.3, -0.25) is 4.79 Å². The van der Waals surface area contributed by atoms with Crippen molar-refractivity contribution in [2.45, 2.75) is 38.5 Å². The van der Waals surface area contributed by atoms with Crippen molar-refractivity contribution >= 4 is 5.78 Å². The van der Waals surface area contributed by atoms with Crippen molar-refractivity contribution in [3.05, 3.63) is 59.7 Å². The molecule has 0 heterocycles. The van der Waals surface area contributed by atoms with E-state index in [9.17, 15) is 4.79 Å². The van der Waals surface area contributed by atoms with E-state index in [4.69, 9.17) is 0 Å². The van der Waals surface area contributed by atoms with Crippen LogP contribution in [0.2, 0.25) is 0 Å². The summed E-state index contributed by atoms with van der Waals surface area (Å²) in [5.74, 6) is 0.981. The highest BCUT2D eigenvalue weighted by Gasteiger charge is 2.19. The van der Waals surface area contributed by atoms with Crippen LogP contribution in [0.15, 0.2) is 48.5 Å². The second kappa shape index (κ2) is 5.62. The Morgan fingerprint density at radius 3 is 2.40 bits per heavy atom. The Hall–Kier alpha value is -1.89. The number of benzene rings is 2. The Balaban J connectivity index is 1.86. The van der Waals surface area contributed by atoms with Gasteiger partial charge in [0, 0.05) is 12.0 Å². The first-order chi connectivity index (χ1) is 9.78. The lowest BCUT2D eigenvalue weighted by atomic mass is 9.80. The fraction of sp³-hybridized carbons (Fsp3) is 0.316. The Morgan fingerprint density at radius 2 is 1.80 bits per heavy atom. The standard InChI is InChI=1S/C19H20O/c1-2-19(20)18-8-4-7-17(13-18)16-11-9-15(10-12-16)14-5-3-6-14/h4,7-14H,2-3,5-6H2,1H3. The van der Waals surface area contributed by atoms with Gasteiger partial charge in [0.25, 0.3) is 0 Å². The van der Waals surface area contributed by atoms with Gasteiger partial charge in [-0.1, -0.05) is 55.8 Å². The van der Waals surface area contributed by atoms with Crippen molar-refractivity contribution in [2.75, 3.05) is 0 Å². The Morgan fingerprint density at radius 1 is 1.05 bits per heavy atom. The molecule has 0 saturated heterocycles. The summed E-state index contributed by atoms with van der Waals surface area (Å²) in [4.78, 5) is 11.8. The molecule has 1 aliphatic carbocycles. The lowest BCUT2D eigenvalue weighted by molar-refractivity contribution is 0.0988. The van der Waals surface area contributed by atoms with Crippen LogP contribution in [0.3, 0.4) is 0 Å². The van der Waals surface area contributed by atoms with Crippen molar-refractivity contribution in [3.63, 3.8) is 0 Å². The summed E-state index contributed by atoms with van der Waals surface area (Å²) in [6, 6.07) is 16.8. The number of Topliss-reactive ketones (excluding diaryl/α,β-unsaturated/α-hetero) is 1. The van der Waals surface area contributed by atoms with E-state index in [1.807, 2.05) is 25.1 Å². The van der Waals surface area contributed by atoms with Crippen LogP contribution in [0, 0.1) is 0 Å². The van der Waals surface area contributed by atoms with Crippen molar-refractivity contribution in [1.29, 1.82) is 0 Å². The number of carbonyl (C=O) groups excluding carboxylic acids is 1. The summed E-state index contributed by atoms with van der Waals surface area (Å²) in [6.07, 6.45) is 4.59. The number of carbonyl (C=O) groups is 1. The molecule has 1 nitrogen and oxygen atoms in total. The van der Waals surface area contributed by atoms with Crippen molar-refractivity contribution in [1.82, 2.24) is 0 Å². The van der Waals surface area contributed by atoms with Crippen LogP contribution in [-0.2, 0) is 0 Å². The van der Waals surface area contributed by atoms with Crippen LogP contribution < -0.4 is 0 Å². The van der Waals surface area contributed by atoms with Crippen LogP contribution in [0.5, 0.6) is 0 Å². The zero-order valence-electron chi connectivity index (χ0n) is 11.9. The molecule has 0 radical (unpaired) electrons. The normalized spacial score (nSPS) is 14.8. The number of hydrogen-bond acceptors (Lipinski definition) is 1. The molecule has 1 heteroatoms. The van der Waals surface area contributed by atoms with Gasteiger partial charge >= 0.3 is 0 Å². The minimum absolute atomic E-state index is 0.206. The molecular formula is C19H20O. The topological polar surface area (TPSA) is 17.1 Å². The molecule has 0 N–H and O–H groups in total. The molecule has 1 saturated carbocycles. The van der Waals surface area contributed by atoms with E-state index in [1.54, 1.807) is 0 Å². The fourth-order valence-corrected chi connectivity index (χ4v) is 2.77. The predicted molar refractivity (Wildman–Crippen MR) is 83.1 cm³/mol. The average Bonchev–Trinajstić information content (AvgIpc) is 2.45. The van der Waals surface area contributed by atoms with E-state index in [0.717, 1.165) is 17.0 Å². The second-order valence-electron chi connectivity index (χ2n) is 5.61. The zero-order valence-corrected chi connectivity index (χ0v) is 11.9. The minimum atomic E-state index is 0.206. The molecule has 0 amide bonds. The molecule has 102 valence electrons. The minimum Gasteiger partial charge on any atom is -0.294 e. The molecule has 0 bridgehead atoms. The van der Waals surface area contributed by atoms with Gasteiger partial charge in [-0.15, -0.1) is 0 Å². The lowest BCUT2D eigenvalue weighted by Gasteiger charge is -2.25. The first-order valence-electron chi connectivity index (χ1n) is 7.51. The number of hydrogen-bond donors (Lipinski definition) is 0. The van der Waals surface area contributed by atoms with Crippen molar-refractivity contribution in [2.24, 2.45) is 0 Å². The molecule has 1 fully saturated rings. The number of rotatable bonds is 4. The average molecular weight is 264 g/mol. The van der Waals surface area contributed by atoms with Gasteiger partial charge in [0.2, 0.25) is 0 Å². The highest BCUT2D eigenvalue weighted by molar-refractivity contribution is 5.97. The SMILES string of the molecule is CCC(=O)c1cccc(-c2ccc(C3CCC3)cc2)c1. The molecule has 20 heavy (non-hydrogen) atoms. The monoisotopic (exact) mass is 264 g/mol. The maximum absolute atomic E-state index is 11.8. The Kier molecular flexibility index (Phi) is 3.68. The van der Waals surface area contributed by atoms with Gasteiger partial charge in [0.1, 0.15) is 0 Å². The number of ketones is 1. The lowest BCUT2D eigenvalue weighted by Crippen LogP contribution is -2.08. The molecular weight excluding hydrogens is 244 g/mol. The quantitative estimate of drug-likeness (QED) is 0.692. The van der Waals surface area contributed by atoms with Crippen LogP contribution >= 0.6 is 0 Å². The van der Waals surface area contributed by atoms with E-state index in [0.29, 0.717) is 6.42 Å². The third-order valence-electron chi connectivity index (χ3n) is 4.33. The van der Waals surface area contributed by atoms with Crippen LogP contribution in [0.4, 0.5) is 0 Å². The summed E-state index contributed by atoms with van der Waals surface area (Å²) < 4.78 is 0. The van der Waals surface area contributed by atoms with E-state index in [2.05, 4.69) is 30.3 Å². The largest absolute Gasteiger partial charge is 0.294 e. The molecule has 0 unspecified atom stereocenters. The predicted octanol–water partition coefficient (Wildman–Crippen LogP) is 5.21. The van der Waals surface area contributed by atoms with E-state index < -0.39 is 0 Å². The molecule has 3 rings (SSSR count). The summed E-state index contributed by atoms with van der Waals surface area (Å²) in [5.41, 5.74) is 4.59. The van der Waals surface area contributed by atoms with E-state index in [-0.39, 0.29) is 5.78 Å². The summed E-state index contributed by atoms with van der Waals surface area (Å²) in [5, 5.41) is 0. The first-order valence-corrected chi connectivity index (χ1v) is 7.51. The smallest absolute Gasteiger partial charge is 0.162 e. The summed E-state index contributed by atoms with van der Waals surface area (Å²) in [7, 11) is 0. The van der Waals surface area contributed by atoms with Crippen LogP contribution in [0.1, 0.15) is 54.4 Å². The summed E-state index contributed by atoms with van der Waals surface area (Å²) >= 11 is 0. The maximum atomic E-state index is 11.8. The molecule has 0 aromatic heterocycles. The van der Waals surface area contributed by atoms with Gasteiger partial charge in [-0.25, -0.2) is 0 Å². The molecule has 0 spiro atoms. The van der Waals surface area contributed by atoms with Crippen molar-refractivity contribution in [3.8, 4) is 11.1 Å². The zero-order chi connectivity index (χ0) is 13.9. The second-order valence-corrected chi connectivity index (χ2v) is 5.61. The van der Waals surface area contributed by atoms with Crippen LogP contribution in [-0.4, -0.2) is 5.78 Å². The first kappa shape index (κ1) is 13.1. The van der Waals surface area contributed by atoms with Gasteiger partial charge < -0.3 is 0 Å². The van der Waals surface area contributed by atoms with Crippen LogP contribution in [0.25, 0.3) is 11.1 Å². The molecule has 1 aliphatic rings. The third kappa shape index (κ3) is 2.53. The molecule has 0 atom stereocenters. The van der Waals surface area contributed by atoms with E-state index in [1.165, 1.54) is 30.4 Å². The summed E-state index contributed by atoms with van der Waals surface area (Å²) in [6.45, 7) is 1.91. The highest BCUT2D eigenvalue weighted by Crippen LogP contribution is 2.36. The fourth-order valence-electron chi connectivity index (χ4n) is 2.77. The molecule has 2 aromatic rings. The molecule has 0 aliphatic heterocycles. The van der Waals surface area contributed by atoms with Gasteiger partial charge in [-0.05, 0) is 41.5 Å². The van der Waals surface area contributed by atoms with Gasteiger partial charge in [0.05, 0.1) is 0 Å². The van der Waals surface area contributed by atoms with Crippen molar-refractivity contribution < 1.29 is 4.79 Å². The van der Waals surface area contributed by atoms with Gasteiger partial charge in [0.15, 0.2) is 5.78 Å².